The number of esters is 1. The molecule has 4 heteroatoms. The largest absolute Gasteiger partial charge is 0.481 e. The summed E-state index contributed by atoms with van der Waals surface area (Å²) >= 11 is 0. The van der Waals surface area contributed by atoms with Gasteiger partial charge in [-0.25, -0.2) is 0 Å². The summed E-state index contributed by atoms with van der Waals surface area (Å²) in [6.07, 6.45) is 0.221. The fraction of sp³-hybridized carbons (Fsp3) is 0.529. The third kappa shape index (κ3) is 5.98. The smallest absolute Gasteiger partial charge is 0.313 e. The normalized spacial score (nSPS) is 13.8. The van der Waals surface area contributed by atoms with E-state index in [4.69, 9.17) is 9.84 Å². The van der Waals surface area contributed by atoms with Crippen LogP contribution < -0.4 is 0 Å². The van der Waals surface area contributed by atoms with Crippen molar-refractivity contribution >= 4 is 11.9 Å². The van der Waals surface area contributed by atoms with Gasteiger partial charge in [0, 0.05) is 0 Å². The molecule has 1 rings (SSSR count). The SMILES string of the molecule is CC(C)Cc1ccc([C@H](C)C(=O)O[C@H](C)CC(=O)O)cc1. The molecule has 1 aromatic carbocycles. The molecule has 0 saturated heterocycles. The van der Waals surface area contributed by atoms with E-state index in [1.54, 1.807) is 13.8 Å². The van der Waals surface area contributed by atoms with Gasteiger partial charge in [-0.3, -0.25) is 9.59 Å². The summed E-state index contributed by atoms with van der Waals surface area (Å²) < 4.78 is 5.15. The molecule has 0 spiro atoms. The molecule has 0 heterocycles. The van der Waals surface area contributed by atoms with E-state index in [-0.39, 0.29) is 12.4 Å². The number of hydrogen-bond acceptors (Lipinski definition) is 3. The van der Waals surface area contributed by atoms with Gasteiger partial charge in [-0.05, 0) is 37.3 Å². The summed E-state index contributed by atoms with van der Waals surface area (Å²) in [7, 11) is 0. The number of benzene rings is 1. The third-order valence-electron chi connectivity index (χ3n) is 3.26. The maximum absolute atomic E-state index is 12.0. The zero-order chi connectivity index (χ0) is 16.0. The molecule has 0 aliphatic rings. The summed E-state index contributed by atoms with van der Waals surface area (Å²) in [5.41, 5.74) is 2.13. The van der Waals surface area contributed by atoms with Crippen molar-refractivity contribution in [2.24, 2.45) is 5.92 Å². The van der Waals surface area contributed by atoms with Gasteiger partial charge in [0.1, 0.15) is 6.10 Å². The average molecular weight is 292 g/mol. The molecular formula is C17H24O4. The van der Waals surface area contributed by atoms with Crippen LogP contribution in [0.25, 0.3) is 0 Å². The molecule has 0 saturated carbocycles. The molecule has 1 aromatic rings. The number of aliphatic carboxylic acids is 1. The molecule has 0 fully saturated rings. The fourth-order valence-electron chi connectivity index (χ4n) is 2.14. The Hall–Kier alpha value is -1.84. The van der Waals surface area contributed by atoms with E-state index in [0.29, 0.717) is 5.92 Å². The van der Waals surface area contributed by atoms with Crippen molar-refractivity contribution in [1.82, 2.24) is 0 Å². The second-order valence-electron chi connectivity index (χ2n) is 5.91. The minimum atomic E-state index is -0.971. The van der Waals surface area contributed by atoms with Crippen LogP contribution in [0.1, 0.15) is 51.2 Å². The first-order valence-electron chi connectivity index (χ1n) is 7.30. The van der Waals surface area contributed by atoms with Gasteiger partial charge in [-0.15, -0.1) is 0 Å². The monoisotopic (exact) mass is 292 g/mol. The number of rotatable bonds is 7. The van der Waals surface area contributed by atoms with Crippen molar-refractivity contribution in [2.75, 3.05) is 0 Å². The molecule has 0 aromatic heterocycles. The molecule has 0 bridgehead atoms. The van der Waals surface area contributed by atoms with Crippen LogP contribution in [0, 0.1) is 5.92 Å². The fourth-order valence-corrected chi connectivity index (χ4v) is 2.14. The van der Waals surface area contributed by atoms with Gasteiger partial charge in [0.05, 0.1) is 12.3 Å². The lowest BCUT2D eigenvalue weighted by Crippen LogP contribution is -2.22. The molecule has 0 radical (unpaired) electrons. The van der Waals surface area contributed by atoms with Crippen LogP contribution in [0.4, 0.5) is 0 Å². The van der Waals surface area contributed by atoms with Gasteiger partial charge in [0.15, 0.2) is 0 Å². The predicted molar refractivity (Wildman–Crippen MR) is 81.2 cm³/mol. The van der Waals surface area contributed by atoms with Gasteiger partial charge in [0.2, 0.25) is 0 Å². The summed E-state index contributed by atoms with van der Waals surface area (Å²) in [5, 5.41) is 8.66. The topological polar surface area (TPSA) is 63.6 Å². The Morgan fingerprint density at radius 1 is 1.10 bits per heavy atom. The molecule has 0 unspecified atom stereocenters. The lowest BCUT2D eigenvalue weighted by molar-refractivity contribution is -0.153. The Balaban J connectivity index is 2.63. The Kier molecular flexibility index (Phi) is 6.40. The Bertz CT molecular complexity index is 476. The van der Waals surface area contributed by atoms with E-state index in [1.165, 1.54) is 5.56 Å². The highest BCUT2D eigenvalue weighted by Gasteiger charge is 2.20. The summed E-state index contributed by atoms with van der Waals surface area (Å²) in [5.74, 6) is -1.16. The minimum Gasteiger partial charge on any atom is -0.481 e. The molecular weight excluding hydrogens is 268 g/mol. The van der Waals surface area contributed by atoms with E-state index >= 15 is 0 Å². The summed E-state index contributed by atoms with van der Waals surface area (Å²) in [6.45, 7) is 7.69. The summed E-state index contributed by atoms with van der Waals surface area (Å²) in [4.78, 5) is 22.5. The number of hydrogen-bond donors (Lipinski definition) is 1. The molecule has 4 nitrogen and oxygen atoms in total. The Morgan fingerprint density at radius 3 is 2.14 bits per heavy atom. The van der Waals surface area contributed by atoms with Gasteiger partial charge in [-0.2, -0.15) is 0 Å². The second-order valence-corrected chi connectivity index (χ2v) is 5.91. The average Bonchev–Trinajstić information content (AvgIpc) is 2.36. The third-order valence-corrected chi connectivity index (χ3v) is 3.26. The second kappa shape index (κ2) is 7.81. The van der Waals surface area contributed by atoms with Crippen LogP contribution in [-0.4, -0.2) is 23.1 Å². The maximum Gasteiger partial charge on any atom is 0.313 e. The summed E-state index contributed by atoms with van der Waals surface area (Å²) in [6, 6.07) is 7.93. The van der Waals surface area contributed by atoms with Gasteiger partial charge < -0.3 is 9.84 Å². The first-order valence-corrected chi connectivity index (χ1v) is 7.30. The van der Waals surface area contributed by atoms with E-state index in [1.807, 2.05) is 24.3 Å². The molecule has 1 N–H and O–H groups in total. The van der Waals surface area contributed by atoms with Crippen molar-refractivity contribution in [3.8, 4) is 0 Å². The number of carbonyl (C=O) groups excluding carboxylic acids is 1. The van der Waals surface area contributed by atoms with Crippen molar-refractivity contribution in [3.05, 3.63) is 35.4 Å². The highest BCUT2D eigenvalue weighted by Crippen LogP contribution is 2.19. The molecule has 0 aliphatic heterocycles. The zero-order valence-corrected chi connectivity index (χ0v) is 13.1. The zero-order valence-electron chi connectivity index (χ0n) is 13.1. The lowest BCUT2D eigenvalue weighted by atomic mass is 9.97. The lowest BCUT2D eigenvalue weighted by Gasteiger charge is -2.16. The Morgan fingerprint density at radius 2 is 1.67 bits per heavy atom. The number of carboxylic acid groups (broad SMARTS) is 1. The first-order chi connectivity index (χ1) is 9.79. The molecule has 0 amide bonds. The quantitative estimate of drug-likeness (QED) is 0.782. The van der Waals surface area contributed by atoms with Gasteiger partial charge >= 0.3 is 11.9 Å². The molecule has 2 atom stereocenters. The standard InChI is InChI=1S/C17H24O4/c1-11(2)9-14-5-7-15(8-6-14)13(4)17(20)21-12(3)10-16(18)19/h5-8,11-13H,9-10H2,1-4H3,(H,18,19)/t12-,13+/m1/s1. The van der Waals surface area contributed by atoms with E-state index in [2.05, 4.69) is 13.8 Å². The van der Waals surface area contributed by atoms with E-state index in [0.717, 1.165) is 12.0 Å². The van der Waals surface area contributed by atoms with Crippen molar-refractivity contribution in [3.63, 3.8) is 0 Å². The van der Waals surface area contributed by atoms with Crippen molar-refractivity contribution in [2.45, 2.75) is 52.6 Å². The van der Waals surface area contributed by atoms with Crippen LogP contribution >= 0.6 is 0 Å². The Labute approximate surface area is 126 Å². The van der Waals surface area contributed by atoms with Gasteiger partial charge in [-0.1, -0.05) is 38.1 Å². The molecule has 0 aliphatic carbocycles. The highest BCUT2D eigenvalue weighted by molar-refractivity contribution is 5.78. The van der Waals surface area contributed by atoms with Gasteiger partial charge in [0.25, 0.3) is 0 Å². The number of carbonyl (C=O) groups is 2. The minimum absolute atomic E-state index is 0.175. The van der Waals surface area contributed by atoms with Crippen molar-refractivity contribution < 1.29 is 19.4 Å². The van der Waals surface area contributed by atoms with Crippen LogP contribution in [0.15, 0.2) is 24.3 Å². The van der Waals surface area contributed by atoms with Crippen LogP contribution in [0.5, 0.6) is 0 Å². The predicted octanol–water partition coefficient (Wildman–Crippen LogP) is 3.40. The maximum atomic E-state index is 12.0. The van der Waals surface area contributed by atoms with Crippen LogP contribution in [0.3, 0.4) is 0 Å². The highest BCUT2D eigenvalue weighted by atomic mass is 16.5. The first kappa shape index (κ1) is 17.2. The van der Waals surface area contributed by atoms with Crippen LogP contribution in [-0.2, 0) is 20.7 Å². The van der Waals surface area contributed by atoms with Crippen molar-refractivity contribution in [1.29, 1.82) is 0 Å². The van der Waals surface area contributed by atoms with E-state index < -0.39 is 18.0 Å². The molecule has 116 valence electrons. The number of carboxylic acids is 1. The number of ether oxygens (including phenoxy) is 1. The molecule has 21 heavy (non-hydrogen) atoms. The van der Waals surface area contributed by atoms with Crippen LogP contribution in [0.2, 0.25) is 0 Å². The van der Waals surface area contributed by atoms with E-state index in [9.17, 15) is 9.59 Å².